The first-order chi connectivity index (χ1) is 11.4. The third kappa shape index (κ3) is 3.07. The quantitative estimate of drug-likeness (QED) is 0.572. The number of para-hydroxylation sites is 1. The van der Waals surface area contributed by atoms with Crippen molar-refractivity contribution >= 4 is 11.9 Å². The van der Waals surface area contributed by atoms with Crippen LogP contribution in [0.3, 0.4) is 0 Å². The van der Waals surface area contributed by atoms with Gasteiger partial charge in [0.05, 0.1) is 5.41 Å². The second kappa shape index (κ2) is 6.65. The van der Waals surface area contributed by atoms with E-state index in [2.05, 4.69) is 63.6 Å². The van der Waals surface area contributed by atoms with Crippen molar-refractivity contribution < 1.29 is 4.58 Å². The summed E-state index contributed by atoms with van der Waals surface area (Å²) in [7, 11) is 0. The van der Waals surface area contributed by atoms with Crippen LogP contribution in [0, 0.1) is 11.3 Å². The highest BCUT2D eigenvalue weighted by Gasteiger charge is 2.52. The van der Waals surface area contributed by atoms with Crippen LogP contribution in [0.25, 0.3) is 0 Å². The summed E-state index contributed by atoms with van der Waals surface area (Å²) in [5.41, 5.74) is 5.09. The van der Waals surface area contributed by atoms with Crippen molar-refractivity contribution in [2.45, 2.75) is 91.5 Å². The molecule has 1 nitrogen and oxygen atoms in total. The van der Waals surface area contributed by atoms with Crippen molar-refractivity contribution in [3.05, 3.63) is 29.3 Å². The zero-order valence-corrected chi connectivity index (χ0v) is 16.5. The predicted octanol–water partition coefficient (Wildman–Crippen LogP) is 6.30. The van der Waals surface area contributed by atoms with Gasteiger partial charge >= 0.3 is 0 Å². The van der Waals surface area contributed by atoms with Crippen LogP contribution >= 0.6 is 0 Å². The normalized spacial score (nSPS) is 27.3. The van der Waals surface area contributed by atoms with E-state index in [1.807, 2.05) is 0 Å². The molecule has 1 aromatic rings. The van der Waals surface area contributed by atoms with Crippen molar-refractivity contribution in [1.29, 1.82) is 0 Å². The highest BCUT2D eigenvalue weighted by molar-refractivity contribution is 5.66. The molecular weight excluding hydrogens is 290 g/mol. The van der Waals surface area contributed by atoms with Crippen LogP contribution in [-0.2, 0) is 12.8 Å². The molecule has 0 spiro atoms. The molecule has 0 aromatic heterocycles. The van der Waals surface area contributed by atoms with E-state index in [1.165, 1.54) is 55.3 Å². The summed E-state index contributed by atoms with van der Waals surface area (Å²) in [4.78, 5) is 0. The van der Waals surface area contributed by atoms with Gasteiger partial charge in [0.2, 0.25) is 5.69 Å². The molecule has 2 aliphatic rings. The minimum atomic E-state index is 0.210. The molecule has 1 atom stereocenters. The summed E-state index contributed by atoms with van der Waals surface area (Å²) < 4.78 is 2.67. The predicted molar refractivity (Wildman–Crippen MR) is 105 cm³/mol. The Hall–Kier alpha value is -1.11. The Morgan fingerprint density at radius 1 is 0.958 bits per heavy atom. The number of rotatable bonds is 4. The van der Waals surface area contributed by atoms with Gasteiger partial charge in [0.15, 0.2) is 11.8 Å². The lowest BCUT2D eigenvalue weighted by Crippen LogP contribution is -2.33. The molecule has 1 aromatic carbocycles. The van der Waals surface area contributed by atoms with E-state index >= 15 is 0 Å². The maximum atomic E-state index is 2.67. The second-order valence-corrected chi connectivity index (χ2v) is 8.96. The lowest BCUT2D eigenvalue weighted by Gasteiger charge is -2.33. The minimum Gasteiger partial charge on any atom is -0.197 e. The van der Waals surface area contributed by atoms with Crippen LogP contribution in [0.15, 0.2) is 18.2 Å². The van der Waals surface area contributed by atoms with Gasteiger partial charge in [-0.3, -0.25) is 0 Å². The Morgan fingerprint density at radius 3 is 2.08 bits per heavy atom. The average molecular weight is 327 g/mol. The molecule has 1 heterocycles. The fraction of sp³-hybridized carbons (Fsp3) is 0.696. The minimum absolute atomic E-state index is 0.210. The smallest absolute Gasteiger partial charge is 0.197 e. The molecule has 0 unspecified atom stereocenters. The number of benzene rings is 1. The largest absolute Gasteiger partial charge is 0.211 e. The van der Waals surface area contributed by atoms with Crippen LogP contribution in [0.2, 0.25) is 0 Å². The maximum absolute atomic E-state index is 2.67. The van der Waals surface area contributed by atoms with Crippen LogP contribution in [0.5, 0.6) is 0 Å². The lowest BCUT2D eigenvalue weighted by molar-refractivity contribution is -0.512. The Kier molecular flexibility index (Phi) is 4.91. The average Bonchev–Trinajstić information content (AvgIpc) is 2.84. The topological polar surface area (TPSA) is 3.01 Å². The molecule has 0 saturated heterocycles. The maximum Gasteiger partial charge on any atom is 0.211 e. The van der Waals surface area contributed by atoms with E-state index in [9.17, 15) is 0 Å². The molecule has 1 aliphatic carbocycles. The van der Waals surface area contributed by atoms with Crippen LogP contribution < -0.4 is 0 Å². The van der Waals surface area contributed by atoms with Gasteiger partial charge in [0.25, 0.3) is 0 Å². The van der Waals surface area contributed by atoms with Gasteiger partial charge in [-0.2, -0.15) is 4.58 Å². The first-order valence-electron chi connectivity index (χ1n) is 10.2. The summed E-state index contributed by atoms with van der Waals surface area (Å²) in [6.07, 6.45) is 13.3. The molecule has 1 saturated carbocycles. The van der Waals surface area contributed by atoms with Crippen LogP contribution in [0.4, 0.5) is 5.69 Å². The first-order valence-corrected chi connectivity index (χ1v) is 10.2. The zero-order chi connectivity index (χ0) is 17.4. The van der Waals surface area contributed by atoms with Crippen molar-refractivity contribution in [2.24, 2.45) is 11.3 Å². The lowest BCUT2D eigenvalue weighted by atomic mass is 9.67. The Balaban J connectivity index is 2.07. The highest BCUT2D eigenvalue weighted by atomic mass is 15.1. The molecule has 1 aliphatic heterocycles. The first kappa shape index (κ1) is 17.7. The Labute approximate surface area is 149 Å². The molecule has 0 radical (unpaired) electrons. The zero-order valence-electron chi connectivity index (χ0n) is 16.5. The molecule has 1 heteroatoms. The van der Waals surface area contributed by atoms with E-state index in [0.29, 0.717) is 5.41 Å². The molecule has 3 rings (SSSR count). The Morgan fingerprint density at radius 2 is 1.54 bits per heavy atom. The van der Waals surface area contributed by atoms with Gasteiger partial charge < -0.3 is 0 Å². The fourth-order valence-electron chi connectivity index (χ4n) is 5.44. The van der Waals surface area contributed by atoms with Gasteiger partial charge in [0, 0.05) is 31.4 Å². The summed E-state index contributed by atoms with van der Waals surface area (Å²) in [6.45, 7) is 12.0. The SMILES string of the molecule is CCc1cccc(CC)c1[N+]1=C[C@](C)(C2CCCCC2)CC1(C)C. The van der Waals surface area contributed by atoms with Crippen molar-refractivity contribution in [3.63, 3.8) is 0 Å². The highest BCUT2D eigenvalue weighted by Crippen LogP contribution is 2.49. The molecule has 1 fully saturated rings. The van der Waals surface area contributed by atoms with E-state index in [4.69, 9.17) is 0 Å². The van der Waals surface area contributed by atoms with Crippen LogP contribution in [-0.4, -0.2) is 16.3 Å². The second-order valence-electron chi connectivity index (χ2n) is 8.96. The van der Waals surface area contributed by atoms with Gasteiger partial charge in [-0.1, -0.05) is 51.3 Å². The third-order valence-electron chi connectivity index (χ3n) is 6.63. The number of hydrogen-bond donors (Lipinski definition) is 0. The van der Waals surface area contributed by atoms with Gasteiger partial charge in [-0.05, 0) is 38.5 Å². The van der Waals surface area contributed by atoms with Gasteiger partial charge in [-0.25, -0.2) is 0 Å². The van der Waals surface area contributed by atoms with E-state index in [1.54, 1.807) is 0 Å². The number of aryl methyl sites for hydroxylation is 2. The summed E-state index contributed by atoms with van der Waals surface area (Å²) >= 11 is 0. The van der Waals surface area contributed by atoms with Gasteiger partial charge in [-0.15, -0.1) is 0 Å². The van der Waals surface area contributed by atoms with E-state index < -0.39 is 0 Å². The van der Waals surface area contributed by atoms with E-state index in [0.717, 1.165) is 18.8 Å². The third-order valence-corrected chi connectivity index (χ3v) is 6.63. The monoisotopic (exact) mass is 326 g/mol. The molecule has 24 heavy (non-hydrogen) atoms. The van der Waals surface area contributed by atoms with Crippen molar-refractivity contribution in [2.75, 3.05) is 0 Å². The standard InChI is InChI=1S/C23H36N/c1-6-18-12-11-13-19(7-2)21(18)24-17-23(5,16-22(24,3)4)20-14-9-8-10-15-20/h11-13,17,20H,6-10,14-16H2,1-5H3/q+1/t23-/m1/s1. The Bertz CT molecular complexity index is 597. The van der Waals surface area contributed by atoms with Crippen molar-refractivity contribution in [1.82, 2.24) is 0 Å². The van der Waals surface area contributed by atoms with Crippen LogP contribution in [0.1, 0.15) is 84.3 Å². The molecule has 0 N–H and O–H groups in total. The number of nitrogens with zero attached hydrogens (tertiary/aromatic N) is 1. The summed E-state index contributed by atoms with van der Waals surface area (Å²) in [5, 5.41) is 0. The number of hydrogen-bond acceptors (Lipinski definition) is 0. The van der Waals surface area contributed by atoms with Crippen molar-refractivity contribution in [3.8, 4) is 0 Å². The summed E-state index contributed by atoms with van der Waals surface area (Å²) in [5.74, 6) is 0.870. The molecule has 0 amide bonds. The van der Waals surface area contributed by atoms with Gasteiger partial charge in [0.1, 0.15) is 0 Å². The summed E-state index contributed by atoms with van der Waals surface area (Å²) in [6, 6.07) is 6.90. The molecular formula is C23H36N+. The fourth-order valence-corrected chi connectivity index (χ4v) is 5.44. The van der Waals surface area contributed by atoms with E-state index in [-0.39, 0.29) is 5.54 Å². The molecule has 0 bridgehead atoms. The molecule has 132 valence electrons.